The van der Waals surface area contributed by atoms with Crippen molar-refractivity contribution in [3.8, 4) is 23.0 Å². The maximum absolute atomic E-state index is 12.5. The van der Waals surface area contributed by atoms with Crippen molar-refractivity contribution in [2.45, 2.75) is 13.8 Å². The summed E-state index contributed by atoms with van der Waals surface area (Å²) in [6.45, 7) is 3.86. The van der Waals surface area contributed by atoms with E-state index >= 15 is 0 Å². The Morgan fingerprint density at radius 3 is 2.19 bits per heavy atom. The van der Waals surface area contributed by atoms with Gasteiger partial charge in [-0.1, -0.05) is 12.1 Å². The maximum Gasteiger partial charge on any atom is 0.343 e. The molecule has 3 aromatic rings. The summed E-state index contributed by atoms with van der Waals surface area (Å²) < 4.78 is 21.4. The Hall–Kier alpha value is -4.86. The number of hydrogen-bond acceptors (Lipinski definition) is 8. The Morgan fingerprint density at radius 1 is 0.811 bits per heavy atom. The fraction of sp³-hybridized carbons (Fsp3) is 0.185. The van der Waals surface area contributed by atoms with Gasteiger partial charge in [0.1, 0.15) is 11.5 Å². The van der Waals surface area contributed by atoms with E-state index in [2.05, 4.69) is 15.8 Å². The van der Waals surface area contributed by atoms with E-state index in [4.69, 9.17) is 18.9 Å². The molecule has 0 saturated carbocycles. The quantitative estimate of drug-likeness (QED) is 0.149. The monoisotopic (exact) mass is 505 g/mol. The predicted molar refractivity (Wildman–Crippen MR) is 138 cm³/mol. The van der Waals surface area contributed by atoms with Crippen LogP contribution in [0.15, 0.2) is 71.8 Å². The van der Waals surface area contributed by atoms with Crippen molar-refractivity contribution in [1.82, 2.24) is 5.43 Å². The highest BCUT2D eigenvalue weighted by Gasteiger charge is 2.17. The highest BCUT2D eigenvalue weighted by atomic mass is 16.6. The van der Waals surface area contributed by atoms with E-state index < -0.39 is 17.8 Å². The average molecular weight is 506 g/mol. The second-order valence-corrected chi connectivity index (χ2v) is 7.51. The van der Waals surface area contributed by atoms with Crippen LogP contribution in [0.5, 0.6) is 23.0 Å². The van der Waals surface area contributed by atoms with Gasteiger partial charge in [-0.05, 0) is 68.4 Å². The predicted octanol–water partition coefficient (Wildman–Crippen LogP) is 3.80. The molecular weight excluding hydrogens is 478 g/mol. The first kappa shape index (κ1) is 26.7. The van der Waals surface area contributed by atoms with Gasteiger partial charge >= 0.3 is 17.8 Å². The number of methoxy groups -OCH3 is 2. The number of anilines is 1. The molecule has 0 heterocycles. The normalized spacial score (nSPS) is 10.8. The minimum Gasteiger partial charge on any atom is -0.497 e. The van der Waals surface area contributed by atoms with Gasteiger partial charge in [0.25, 0.3) is 0 Å². The van der Waals surface area contributed by atoms with Crippen molar-refractivity contribution < 1.29 is 33.3 Å². The van der Waals surface area contributed by atoms with Crippen molar-refractivity contribution >= 4 is 29.2 Å². The van der Waals surface area contributed by atoms with Crippen LogP contribution in [0.1, 0.15) is 29.8 Å². The Balaban J connectivity index is 1.66. The van der Waals surface area contributed by atoms with Crippen molar-refractivity contribution in [1.29, 1.82) is 0 Å². The molecule has 0 aromatic heterocycles. The summed E-state index contributed by atoms with van der Waals surface area (Å²) in [7, 11) is 2.97. The summed E-state index contributed by atoms with van der Waals surface area (Å²) in [5.41, 5.74) is 3.90. The van der Waals surface area contributed by atoms with Gasteiger partial charge in [0.15, 0.2) is 11.5 Å². The van der Waals surface area contributed by atoms with E-state index in [9.17, 15) is 14.4 Å². The number of esters is 1. The largest absolute Gasteiger partial charge is 0.497 e. The molecule has 0 aliphatic carbocycles. The molecule has 10 nitrogen and oxygen atoms in total. The van der Waals surface area contributed by atoms with Gasteiger partial charge in [-0.25, -0.2) is 10.2 Å². The second-order valence-electron chi connectivity index (χ2n) is 7.51. The molecule has 0 radical (unpaired) electrons. The Morgan fingerprint density at radius 2 is 1.51 bits per heavy atom. The van der Waals surface area contributed by atoms with Crippen LogP contribution in [0.25, 0.3) is 0 Å². The summed E-state index contributed by atoms with van der Waals surface area (Å²) in [5, 5.41) is 6.50. The van der Waals surface area contributed by atoms with Crippen LogP contribution in [0.3, 0.4) is 0 Å². The van der Waals surface area contributed by atoms with E-state index in [1.54, 1.807) is 73.7 Å². The summed E-state index contributed by atoms with van der Waals surface area (Å²) >= 11 is 0. The summed E-state index contributed by atoms with van der Waals surface area (Å²) in [5.74, 6) is -0.867. The lowest BCUT2D eigenvalue weighted by molar-refractivity contribution is -0.136. The van der Waals surface area contributed by atoms with Crippen molar-refractivity contribution in [2.75, 3.05) is 26.1 Å². The molecule has 37 heavy (non-hydrogen) atoms. The Bertz CT molecular complexity index is 1300. The minimum atomic E-state index is -0.956. The first-order valence-corrected chi connectivity index (χ1v) is 11.3. The molecule has 0 aliphatic rings. The molecule has 0 aliphatic heterocycles. The van der Waals surface area contributed by atoms with E-state index in [-0.39, 0.29) is 11.5 Å². The van der Waals surface area contributed by atoms with Gasteiger partial charge in [-0.3, -0.25) is 9.59 Å². The van der Waals surface area contributed by atoms with Crippen molar-refractivity contribution in [2.24, 2.45) is 5.10 Å². The number of benzene rings is 3. The van der Waals surface area contributed by atoms with Gasteiger partial charge in [0, 0.05) is 5.56 Å². The zero-order valence-electron chi connectivity index (χ0n) is 20.9. The molecule has 2 N–H and O–H groups in total. The van der Waals surface area contributed by atoms with Crippen LogP contribution >= 0.6 is 0 Å². The molecule has 3 rings (SSSR count). The first-order valence-electron chi connectivity index (χ1n) is 11.3. The van der Waals surface area contributed by atoms with E-state index in [1.165, 1.54) is 14.2 Å². The topological polar surface area (TPSA) is 125 Å². The van der Waals surface area contributed by atoms with Crippen LogP contribution < -0.4 is 29.7 Å². The number of carbonyl (C=O) groups excluding carboxylic acids is 3. The molecule has 2 amide bonds. The summed E-state index contributed by atoms with van der Waals surface area (Å²) in [6, 6.07) is 18.1. The number of amides is 2. The number of nitrogens with one attached hydrogen (secondary N) is 2. The molecule has 10 heteroatoms. The van der Waals surface area contributed by atoms with Gasteiger partial charge < -0.3 is 24.3 Å². The number of hydrazone groups is 1. The third kappa shape index (κ3) is 7.07. The lowest BCUT2D eigenvalue weighted by Crippen LogP contribution is -2.33. The molecule has 192 valence electrons. The lowest BCUT2D eigenvalue weighted by atomic mass is 10.1. The third-order valence-corrected chi connectivity index (χ3v) is 5.08. The molecule has 0 atom stereocenters. The number of ether oxygens (including phenoxy) is 4. The van der Waals surface area contributed by atoms with Gasteiger partial charge in [0.2, 0.25) is 0 Å². The molecule has 3 aromatic carbocycles. The van der Waals surface area contributed by atoms with Gasteiger partial charge in [0.05, 0.1) is 37.8 Å². The number of nitrogens with zero attached hydrogens (tertiary/aromatic N) is 1. The minimum absolute atomic E-state index is 0.205. The van der Waals surface area contributed by atoms with Crippen LogP contribution in [-0.2, 0) is 9.59 Å². The van der Waals surface area contributed by atoms with Crippen LogP contribution in [0.2, 0.25) is 0 Å². The lowest BCUT2D eigenvalue weighted by Gasteiger charge is -2.12. The van der Waals surface area contributed by atoms with Crippen molar-refractivity contribution in [3.05, 3.63) is 77.9 Å². The second kappa shape index (κ2) is 12.7. The zero-order chi connectivity index (χ0) is 26.8. The highest BCUT2D eigenvalue weighted by molar-refractivity contribution is 6.39. The SMILES string of the molecule is CCOc1ccccc1NC(=O)C(=O)N/N=C(\C)c1ccc(OC(=O)c2ccc(OC)cc2)c(OC)c1. The van der Waals surface area contributed by atoms with Crippen molar-refractivity contribution in [3.63, 3.8) is 0 Å². The first-order chi connectivity index (χ1) is 17.9. The highest BCUT2D eigenvalue weighted by Crippen LogP contribution is 2.29. The summed E-state index contributed by atoms with van der Waals surface area (Å²) in [6.07, 6.45) is 0. The third-order valence-electron chi connectivity index (χ3n) is 5.08. The van der Waals surface area contributed by atoms with Crippen LogP contribution in [0.4, 0.5) is 5.69 Å². The molecule has 0 spiro atoms. The van der Waals surface area contributed by atoms with Gasteiger partial charge in [-0.2, -0.15) is 5.10 Å². The molecule has 0 saturated heterocycles. The number of para-hydroxylation sites is 2. The van der Waals surface area contributed by atoms with E-state index in [0.717, 1.165) is 0 Å². The fourth-order valence-corrected chi connectivity index (χ4v) is 3.14. The smallest absolute Gasteiger partial charge is 0.343 e. The number of hydrogen-bond donors (Lipinski definition) is 2. The molecule has 0 fully saturated rings. The number of carbonyl (C=O) groups is 3. The summed E-state index contributed by atoms with van der Waals surface area (Å²) in [4.78, 5) is 37.1. The zero-order valence-corrected chi connectivity index (χ0v) is 20.9. The Labute approximate surface area is 214 Å². The van der Waals surface area contributed by atoms with Gasteiger partial charge in [-0.15, -0.1) is 0 Å². The molecule has 0 bridgehead atoms. The molecular formula is C27H27N3O7. The fourth-order valence-electron chi connectivity index (χ4n) is 3.14. The average Bonchev–Trinajstić information content (AvgIpc) is 2.92. The standard InChI is InChI=1S/C27H27N3O7/c1-5-36-22-9-7-6-8-21(22)28-25(31)26(32)30-29-17(2)19-12-15-23(24(16-19)35-4)37-27(33)18-10-13-20(34-3)14-11-18/h6-16H,5H2,1-4H3,(H,28,31)(H,30,32)/b29-17+. The van der Waals surface area contributed by atoms with Crippen LogP contribution in [0, 0.1) is 0 Å². The number of rotatable bonds is 9. The molecule has 0 unspecified atom stereocenters. The van der Waals surface area contributed by atoms with E-state index in [0.29, 0.717) is 40.6 Å². The van der Waals surface area contributed by atoms with E-state index in [1.807, 2.05) is 6.92 Å². The Kier molecular flexibility index (Phi) is 9.20. The maximum atomic E-state index is 12.5. The van der Waals surface area contributed by atoms with Crippen LogP contribution in [-0.4, -0.2) is 44.3 Å².